The summed E-state index contributed by atoms with van der Waals surface area (Å²) in [6, 6.07) is 1.34. The van der Waals surface area contributed by atoms with Crippen molar-refractivity contribution in [3.8, 4) is 0 Å². The van der Waals surface area contributed by atoms with Crippen LogP contribution in [0.2, 0.25) is 0 Å². The Morgan fingerprint density at radius 2 is 2.35 bits per heavy atom. The van der Waals surface area contributed by atoms with Gasteiger partial charge in [-0.05, 0) is 25.8 Å². The summed E-state index contributed by atoms with van der Waals surface area (Å²) in [5, 5.41) is 5.52. The predicted molar refractivity (Wildman–Crippen MR) is 69.4 cm³/mol. The number of hydrogen-bond donors (Lipinski definition) is 2. The molecule has 5 heteroatoms. The molecule has 0 aliphatic carbocycles. The largest absolute Gasteiger partial charge is 0.315 e. The van der Waals surface area contributed by atoms with Crippen LogP contribution in [-0.2, 0) is 6.54 Å². The fraction of sp³-hybridized carbons (Fsp3) is 0.750. The minimum atomic E-state index is 0.0486. The molecule has 2 N–H and O–H groups in total. The summed E-state index contributed by atoms with van der Waals surface area (Å²) in [5.41, 5.74) is 1.02. The van der Waals surface area contributed by atoms with Gasteiger partial charge in [0.05, 0.1) is 0 Å². The quantitative estimate of drug-likeness (QED) is 0.849. The van der Waals surface area contributed by atoms with Crippen LogP contribution < -0.4 is 10.2 Å². The average Bonchev–Trinajstić information content (AvgIpc) is 2.93. The number of fused-ring (bicyclic) bond motifs is 1. The first-order chi connectivity index (χ1) is 8.33. The zero-order chi connectivity index (χ0) is 11.7. The van der Waals surface area contributed by atoms with Crippen LogP contribution in [0.4, 0.5) is 0 Å². The van der Waals surface area contributed by atoms with Gasteiger partial charge >= 0.3 is 4.87 Å². The molecule has 2 atom stereocenters. The van der Waals surface area contributed by atoms with Crippen molar-refractivity contribution in [1.29, 1.82) is 0 Å². The SMILES string of the molecule is O=c1[nH]c(CNC2CCN3CCCCC23)cs1. The maximum Gasteiger partial charge on any atom is 0.304 e. The smallest absolute Gasteiger partial charge is 0.304 e. The minimum absolute atomic E-state index is 0.0486. The van der Waals surface area contributed by atoms with Crippen LogP contribution >= 0.6 is 11.3 Å². The molecule has 4 nitrogen and oxygen atoms in total. The van der Waals surface area contributed by atoms with Crippen molar-refractivity contribution in [3.63, 3.8) is 0 Å². The van der Waals surface area contributed by atoms with Crippen molar-refractivity contribution < 1.29 is 0 Å². The molecule has 0 bridgehead atoms. The Hall–Kier alpha value is -0.650. The van der Waals surface area contributed by atoms with E-state index in [9.17, 15) is 4.79 Å². The van der Waals surface area contributed by atoms with E-state index in [1.807, 2.05) is 5.38 Å². The van der Waals surface area contributed by atoms with Crippen LogP contribution in [0.25, 0.3) is 0 Å². The Labute approximate surface area is 105 Å². The monoisotopic (exact) mass is 253 g/mol. The van der Waals surface area contributed by atoms with E-state index < -0.39 is 0 Å². The summed E-state index contributed by atoms with van der Waals surface area (Å²) in [4.78, 5) is 16.6. The maximum absolute atomic E-state index is 11.0. The topological polar surface area (TPSA) is 48.1 Å². The molecule has 2 unspecified atom stereocenters. The number of thiazole rings is 1. The predicted octanol–water partition coefficient (Wildman–Crippen LogP) is 1.15. The van der Waals surface area contributed by atoms with Gasteiger partial charge in [-0.15, -0.1) is 0 Å². The van der Waals surface area contributed by atoms with E-state index in [0.717, 1.165) is 18.3 Å². The third kappa shape index (κ3) is 2.46. The van der Waals surface area contributed by atoms with Crippen LogP contribution in [0.5, 0.6) is 0 Å². The summed E-state index contributed by atoms with van der Waals surface area (Å²) in [5.74, 6) is 0. The number of hydrogen-bond acceptors (Lipinski definition) is 4. The molecule has 0 saturated carbocycles. The summed E-state index contributed by atoms with van der Waals surface area (Å²) >= 11 is 1.25. The number of rotatable bonds is 3. The molecule has 94 valence electrons. The second-order valence-corrected chi connectivity index (χ2v) is 5.89. The number of nitrogens with one attached hydrogen (secondary N) is 2. The Bertz CT molecular complexity index is 427. The zero-order valence-corrected chi connectivity index (χ0v) is 10.8. The second-order valence-electron chi connectivity index (χ2n) is 5.05. The van der Waals surface area contributed by atoms with Crippen molar-refractivity contribution in [2.24, 2.45) is 0 Å². The van der Waals surface area contributed by atoms with Gasteiger partial charge in [0, 0.05) is 36.2 Å². The molecule has 3 rings (SSSR count). The third-order valence-corrected chi connectivity index (χ3v) is 4.70. The van der Waals surface area contributed by atoms with Crippen molar-refractivity contribution in [2.75, 3.05) is 13.1 Å². The van der Waals surface area contributed by atoms with Gasteiger partial charge in [-0.25, -0.2) is 0 Å². The number of piperidine rings is 1. The van der Waals surface area contributed by atoms with E-state index in [1.54, 1.807) is 0 Å². The zero-order valence-electron chi connectivity index (χ0n) is 9.95. The molecule has 1 aromatic rings. The normalized spacial score (nSPS) is 29.4. The summed E-state index contributed by atoms with van der Waals surface area (Å²) in [6.07, 6.45) is 5.31. The first-order valence-corrected chi connectivity index (χ1v) is 7.35. The Morgan fingerprint density at radius 3 is 3.18 bits per heavy atom. The first-order valence-electron chi connectivity index (χ1n) is 6.47. The van der Waals surface area contributed by atoms with Gasteiger partial charge in [0.2, 0.25) is 0 Å². The molecule has 2 fully saturated rings. The van der Waals surface area contributed by atoms with Gasteiger partial charge < -0.3 is 10.3 Å². The van der Waals surface area contributed by atoms with Crippen molar-refractivity contribution in [3.05, 3.63) is 20.7 Å². The van der Waals surface area contributed by atoms with Gasteiger partial charge in [0.15, 0.2) is 0 Å². The fourth-order valence-corrected chi connectivity index (χ4v) is 3.71. The van der Waals surface area contributed by atoms with Gasteiger partial charge in [-0.3, -0.25) is 9.69 Å². The molecule has 0 amide bonds. The molecule has 2 aliphatic rings. The number of aromatic amines is 1. The van der Waals surface area contributed by atoms with Crippen molar-refractivity contribution >= 4 is 11.3 Å². The van der Waals surface area contributed by atoms with E-state index in [2.05, 4.69) is 15.2 Å². The fourth-order valence-electron chi connectivity index (χ4n) is 3.13. The van der Waals surface area contributed by atoms with Gasteiger partial charge in [0.1, 0.15) is 0 Å². The van der Waals surface area contributed by atoms with E-state index in [-0.39, 0.29) is 4.87 Å². The highest BCUT2D eigenvalue weighted by Gasteiger charge is 2.34. The number of aromatic nitrogens is 1. The van der Waals surface area contributed by atoms with E-state index in [4.69, 9.17) is 0 Å². The second kappa shape index (κ2) is 4.92. The lowest BCUT2D eigenvalue weighted by Crippen LogP contribution is -2.44. The molecule has 2 aliphatic heterocycles. The van der Waals surface area contributed by atoms with Crippen molar-refractivity contribution in [1.82, 2.24) is 15.2 Å². The Kier molecular flexibility index (Phi) is 3.31. The number of H-pyrrole nitrogens is 1. The van der Waals surface area contributed by atoms with Crippen molar-refractivity contribution in [2.45, 2.75) is 44.3 Å². The molecule has 0 radical (unpaired) electrons. The minimum Gasteiger partial charge on any atom is -0.315 e. The standard InChI is InChI=1S/C12H19N3OS/c16-12-14-9(8-17-12)7-13-10-4-6-15-5-2-1-3-11(10)15/h8,10-11,13H,1-7H2,(H,14,16). The van der Waals surface area contributed by atoms with Crippen LogP contribution in [0.1, 0.15) is 31.4 Å². The lowest BCUT2D eigenvalue weighted by atomic mass is 9.99. The average molecular weight is 253 g/mol. The highest BCUT2D eigenvalue weighted by atomic mass is 32.1. The van der Waals surface area contributed by atoms with E-state index >= 15 is 0 Å². The molecule has 17 heavy (non-hydrogen) atoms. The summed E-state index contributed by atoms with van der Waals surface area (Å²) in [7, 11) is 0. The third-order valence-electron chi connectivity index (χ3n) is 3.98. The summed E-state index contributed by atoms with van der Waals surface area (Å²) in [6.45, 7) is 3.31. The summed E-state index contributed by atoms with van der Waals surface area (Å²) < 4.78 is 0. The Balaban J connectivity index is 1.57. The molecule has 1 aromatic heterocycles. The lowest BCUT2D eigenvalue weighted by Gasteiger charge is -2.32. The molecule has 3 heterocycles. The van der Waals surface area contributed by atoms with Gasteiger partial charge in [-0.1, -0.05) is 17.8 Å². The number of nitrogens with zero attached hydrogens (tertiary/aromatic N) is 1. The van der Waals surface area contributed by atoms with Crippen LogP contribution in [0.15, 0.2) is 10.2 Å². The highest BCUT2D eigenvalue weighted by molar-refractivity contribution is 7.07. The van der Waals surface area contributed by atoms with E-state index in [1.165, 1.54) is 50.1 Å². The van der Waals surface area contributed by atoms with Crippen LogP contribution in [0, 0.1) is 0 Å². The maximum atomic E-state index is 11.0. The molecule has 2 saturated heterocycles. The molecule has 0 spiro atoms. The molecular weight excluding hydrogens is 234 g/mol. The molecular formula is C12H19N3OS. The highest BCUT2D eigenvalue weighted by Crippen LogP contribution is 2.27. The molecule has 0 aromatic carbocycles. The van der Waals surface area contributed by atoms with Gasteiger partial charge in [0.25, 0.3) is 0 Å². The lowest BCUT2D eigenvalue weighted by molar-refractivity contribution is 0.180. The van der Waals surface area contributed by atoms with Crippen LogP contribution in [-0.4, -0.2) is 35.1 Å². The first kappa shape index (κ1) is 11.4. The van der Waals surface area contributed by atoms with Gasteiger partial charge in [-0.2, -0.15) is 0 Å². The van der Waals surface area contributed by atoms with E-state index in [0.29, 0.717) is 6.04 Å². The van der Waals surface area contributed by atoms with Crippen LogP contribution in [0.3, 0.4) is 0 Å². The Morgan fingerprint density at radius 1 is 1.41 bits per heavy atom.